The lowest BCUT2D eigenvalue weighted by Crippen LogP contribution is -2.32. The lowest BCUT2D eigenvalue weighted by Gasteiger charge is -2.32. The molecule has 0 bridgehead atoms. The molecule has 0 radical (unpaired) electrons. The van der Waals surface area contributed by atoms with Gasteiger partial charge < -0.3 is 4.42 Å². The lowest BCUT2D eigenvalue weighted by atomic mass is 9.95. The molecule has 0 amide bonds. The van der Waals surface area contributed by atoms with Crippen LogP contribution in [0.5, 0.6) is 0 Å². The van der Waals surface area contributed by atoms with Crippen molar-refractivity contribution in [3.05, 3.63) is 87.2 Å². The lowest BCUT2D eigenvalue weighted by molar-refractivity contribution is 0.176. The van der Waals surface area contributed by atoms with E-state index < -0.39 is 0 Å². The molecule has 1 aliphatic rings. The summed E-state index contributed by atoms with van der Waals surface area (Å²) < 4.78 is 7.81. The number of rotatable bonds is 8. The van der Waals surface area contributed by atoms with Gasteiger partial charge in [-0.3, -0.25) is 4.90 Å². The third kappa shape index (κ3) is 4.65. The summed E-state index contributed by atoms with van der Waals surface area (Å²) in [5.41, 5.74) is 1.07. The van der Waals surface area contributed by atoms with Crippen LogP contribution in [0.4, 0.5) is 0 Å². The van der Waals surface area contributed by atoms with Gasteiger partial charge in [-0.25, -0.2) is 4.68 Å². The minimum absolute atomic E-state index is 0.103. The van der Waals surface area contributed by atoms with Crippen molar-refractivity contribution in [2.24, 2.45) is 0 Å². The first kappa shape index (κ1) is 21.4. The molecule has 0 unspecified atom stereocenters. The van der Waals surface area contributed by atoms with Crippen LogP contribution >= 0.6 is 22.9 Å². The Morgan fingerprint density at radius 3 is 2.69 bits per heavy atom. The fourth-order valence-corrected chi connectivity index (χ4v) is 5.62. The Hall–Kier alpha value is -2.48. The van der Waals surface area contributed by atoms with Crippen LogP contribution in [0.25, 0.3) is 0 Å². The Morgan fingerprint density at radius 2 is 1.94 bits per heavy atom. The normalized spacial score (nSPS) is 15.9. The van der Waals surface area contributed by atoms with Crippen molar-refractivity contribution in [3.63, 3.8) is 0 Å². The molecule has 3 aromatic heterocycles. The standard InChI is InChI=1S/C24H26ClN5OS/c25-21-12-5-4-8-18(21)16-29(17-20-11-6-14-31-20)23(22-13-7-15-32-22)24-26-27-28-30(24)19-9-2-1-3-10-19/h4-8,11-15,19,23H,1-3,9-10,16-17H2/t23-/m0/s1. The van der Waals surface area contributed by atoms with E-state index in [1.165, 1.54) is 24.1 Å². The number of furan rings is 1. The van der Waals surface area contributed by atoms with E-state index in [9.17, 15) is 0 Å². The summed E-state index contributed by atoms with van der Waals surface area (Å²) in [4.78, 5) is 3.56. The summed E-state index contributed by atoms with van der Waals surface area (Å²) in [6.45, 7) is 1.28. The molecule has 1 atom stereocenters. The van der Waals surface area contributed by atoms with E-state index >= 15 is 0 Å². The Morgan fingerprint density at radius 1 is 1.06 bits per heavy atom. The second kappa shape index (κ2) is 9.98. The highest BCUT2D eigenvalue weighted by molar-refractivity contribution is 7.10. The number of thiophene rings is 1. The van der Waals surface area contributed by atoms with Gasteiger partial charge in [0, 0.05) is 16.4 Å². The molecule has 32 heavy (non-hydrogen) atoms. The van der Waals surface area contributed by atoms with E-state index in [4.69, 9.17) is 16.0 Å². The van der Waals surface area contributed by atoms with E-state index in [0.29, 0.717) is 19.1 Å². The van der Waals surface area contributed by atoms with E-state index in [1.807, 2.05) is 30.3 Å². The third-order valence-electron chi connectivity index (χ3n) is 6.13. The maximum Gasteiger partial charge on any atom is 0.174 e. The second-order valence-electron chi connectivity index (χ2n) is 8.27. The highest BCUT2D eigenvalue weighted by Gasteiger charge is 2.32. The Balaban J connectivity index is 1.56. The molecule has 166 valence electrons. The molecule has 8 heteroatoms. The summed E-state index contributed by atoms with van der Waals surface area (Å²) in [7, 11) is 0. The van der Waals surface area contributed by atoms with Crippen LogP contribution in [0.15, 0.2) is 64.6 Å². The van der Waals surface area contributed by atoms with Gasteiger partial charge in [0.2, 0.25) is 0 Å². The molecule has 0 aliphatic heterocycles. The minimum Gasteiger partial charge on any atom is -0.468 e. The monoisotopic (exact) mass is 467 g/mol. The van der Waals surface area contributed by atoms with Gasteiger partial charge in [-0.2, -0.15) is 0 Å². The van der Waals surface area contributed by atoms with Crippen LogP contribution in [0.1, 0.15) is 66.2 Å². The topological polar surface area (TPSA) is 60.0 Å². The molecule has 3 heterocycles. The van der Waals surface area contributed by atoms with Crippen LogP contribution in [-0.4, -0.2) is 25.1 Å². The van der Waals surface area contributed by atoms with E-state index in [2.05, 4.69) is 48.7 Å². The number of nitrogens with zero attached hydrogens (tertiary/aromatic N) is 5. The molecule has 6 nitrogen and oxygen atoms in total. The number of halogens is 1. The first-order chi connectivity index (χ1) is 15.8. The zero-order valence-electron chi connectivity index (χ0n) is 17.8. The highest BCUT2D eigenvalue weighted by Crippen LogP contribution is 2.37. The molecule has 0 spiro atoms. The average Bonchev–Trinajstić information content (AvgIpc) is 3.60. The van der Waals surface area contributed by atoms with Gasteiger partial charge in [0.25, 0.3) is 0 Å². The van der Waals surface area contributed by atoms with Crippen molar-refractivity contribution in [3.8, 4) is 0 Å². The molecule has 1 fully saturated rings. The SMILES string of the molecule is Clc1ccccc1CN(Cc1ccco1)[C@@H](c1cccs1)c1nnnn1C1CCCCC1. The van der Waals surface area contributed by atoms with Crippen molar-refractivity contribution in [2.45, 2.75) is 57.3 Å². The van der Waals surface area contributed by atoms with Crippen LogP contribution in [0.3, 0.4) is 0 Å². The quantitative estimate of drug-likeness (QED) is 0.305. The van der Waals surface area contributed by atoms with Gasteiger partial charge in [-0.15, -0.1) is 16.4 Å². The molecule has 1 aromatic carbocycles. The van der Waals surface area contributed by atoms with Crippen LogP contribution < -0.4 is 0 Å². The molecule has 1 aliphatic carbocycles. The fourth-order valence-electron chi connectivity index (χ4n) is 4.57. The zero-order chi connectivity index (χ0) is 21.8. The molecular weight excluding hydrogens is 442 g/mol. The van der Waals surface area contributed by atoms with Gasteiger partial charge in [0.1, 0.15) is 11.8 Å². The highest BCUT2D eigenvalue weighted by atomic mass is 35.5. The average molecular weight is 468 g/mol. The molecular formula is C24H26ClN5OS. The maximum atomic E-state index is 6.56. The maximum absolute atomic E-state index is 6.56. The summed E-state index contributed by atoms with van der Waals surface area (Å²) in [6, 6.07) is 16.4. The molecule has 0 saturated heterocycles. The number of tetrazole rings is 1. The van der Waals surface area contributed by atoms with Crippen LogP contribution in [0.2, 0.25) is 5.02 Å². The molecule has 1 saturated carbocycles. The van der Waals surface area contributed by atoms with Crippen molar-refractivity contribution in [2.75, 3.05) is 0 Å². The number of benzene rings is 1. The predicted octanol–water partition coefficient (Wildman–Crippen LogP) is 6.28. The predicted molar refractivity (Wildman–Crippen MR) is 126 cm³/mol. The van der Waals surface area contributed by atoms with Gasteiger partial charge in [0.05, 0.1) is 18.8 Å². The van der Waals surface area contributed by atoms with Crippen molar-refractivity contribution in [1.82, 2.24) is 25.1 Å². The van der Waals surface area contributed by atoms with E-state index in [1.54, 1.807) is 17.6 Å². The summed E-state index contributed by atoms with van der Waals surface area (Å²) in [5, 5.41) is 16.0. The third-order valence-corrected chi connectivity index (χ3v) is 7.42. The second-order valence-corrected chi connectivity index (χ2v) is 9.65. The number of hydrogen-bond donors (Lipinski definition) is 0. The molecule has 0 N–H and O–H groups in total. The molecule has 4 aromatic rings. The Labute approximate surface area is 196 Å². The summed E-state index contributed by atoms with van der Waals surface area (Å²) >= 11 is 8.29. The van der Waals surface area contributed by atoms with E-state index in [-0.39, 0.29) is 6.04 Å². The first-order valence-corrected chi connectivity index (χ1v) is 12.4. The van der Waals surface area contributed by atoms with Gasteiger partial charge >= 0.3 is 0 Å². The molecule has 5 rings (SSSR count). The van der Waals surface area contributed by atoms with Crippen molar-refractivity contribution >= 4 is 22.9 Å². The summed E-state index contributed by atoms with van der Waals surface area (Å²) in [6.07, 6.45) is 7.71. The van der Waals surface area contributed by atoms with Gasteiger partial charge in [0.15, 0.2) is 5.82 Å². The minimum atomic E-state index is -0.103. The Bertz CT molecular complexity index is 1110. The number of hydrogen-bond acceptors (Lipinski definition) is 6. The Kier molecular flexibility index (Phi) is 6.67. The smallest absolute Gasteiger partial charge is 0.174 e. The summed E-state index contributed by atoms with van der Waals surface area (Å²) in [5.74, 6) is 1.79. The van der Waals surface area contributed by atoms with Gasteiger partial charge in [-0.1, -0.05) is 55.1 Å². The first-order valence-electron chi connectivity index (χ1n) is 11.1. The number of aromatic nitrogens is 4. The largest absolute Gasteiger partial charge is 0.468 e. The van der Waals surface area contributed by atoms with Crippen LogP contribution in [0, 0.1) is 0 Å². The van der Waals surface area contributed by atoms with Crippen molar-refractivity contribution in [1.29, 1.82) is 0 Å². The fraction of sp³-hybridized carbons (Fsp3) is 0.375. The van der Waals surface area contributed by atoms with Crippen LogP contribution in [-0.2, 0) is 13.1 Å². The zero-order valence-corrected chi connectivity index (χ0v) is 19.4. The van der Waals surface area contributed by atoms with Crippen molar-refractivity contribution < 1.29 is 4.42 Å². The van der Waals surface area contributed by atoms with Gasteiger partial charge in [-0.05, 0) is 58.5 Å². The van der Waals surface area contributed by atoms with E-state index in [0.717, 1.165) is 35.0 Å².